The molecule has 0 saturated heterocycles. The second-order valence-electron chi connectivity index (χ2n) is 5.66. The molecular weight excluding hydrogens is 305 g/mol. The summed E-state index contributed by atoms with van der Waals surface area (Å²) in [6.07, 6.45) is 7.20. The van der Waals surface area contributed by atoms with Crippen molar-refractivity contribution in [2.24, 2.45) is 0 Å². The minimum absolute atomic E-state index is 0.580. The van der Waals surface area contributed by atoms with Crippen LogP contribution >= 0.6 is 23.2 Å². The molecule has 1 N–H and O–H groups in total. The molecule has 0 bridgehead atoms. The molecule has 5 heteroatoms. The summed E-state index contributed by atoms with van der Waals surface area (Å²) < 4.78 is 2.10. The second kappa shape index (κ2) is 6.29. The van der Waals surface area contributed by atoms with Crippen LogP contribution in [0.15, 0.2) is 24.4 Å². The number of hydrogen-bond acceptors (Lipinski definition) is 2. The number of benzene rings is 1. The zero-order valence-electron chi connectivity index (χ0n) is 12.1. The van der Waals surface area contributed by atoms with Gasteiger partial charge in [-0.1, -0.05) is 36.0 Å². The molecule has 0 aliphatic heterocycles. The topological polar surface area (TPSA) is 29.9 Å². The molecular formula is C16H19Cl2N3. The lowest BCUT2D eigenvalue weighted by Crippen LogP contribution is -2.07. The van der Waals surface area contributed by atoms with Gasteiger partial charge in [0.25, 0.3) is 0 Å². The van der Waals surface area contributed by atoms with Crippen LogP contribution in [0.1, 0.15) is 43.0 Å². The minimum atomic E-state index is 0.580. The lowest BCUT2D eigenvalue weighted by atomic mass is 10.2. The number of halogens is 2. The predicted molar refractivity (Wildman–Crippen MR) is 88.3 cm³/mol. The third-order valence-corrected chi connectivity index (χ3v) is 4.79. The number of aryl methyl sites for hydroxylation is 1. The first kappa shape index (κ1) is 14.7. The fourth-order valence-electron chi connectivity index (χ4n) is 2.81. The van der Waals surface area contributed by atoms with Crippen LogP contribution in [0.25, 0.3) is 0 Å². The average molecular weight is 324 g/mol. The summed E-state index contributed by atoms with van der Waals surface area (Å²) >= 11 is 12.4. The molecule has 0 atom stereocenters. The van der Waals surface area contributed by atoms with Crippen LogP contribution in [-0.4, -0.2) is 9.78 Å². The quantitative estimate of drug-likeness (QED) is 0.835. The minimum Gasteiger partial charge on any atom is -0.378 e. The largest absolute Gasteiger partial charge is 0.378 e. The smallest absolute Gasteiger partial charge is 0.0815 e. The SMILES string of the molecule is Cc1cc(Cl)c(NCc2ccn(C3CCCC3)n2)cc1Cl. The molecule has 0 amide bonds. The summed E-state index contributed by atoms with van der Waals surface area (Å²) in [5.74, 6) is 0. The van der Waals surface area contributed by atoms with Gasteiger partial charge < -0.3 is 5.32 Å². The molecule has 1 aromatic heterocycles. The Morgan fingerprint density at radius 3 is 2.76 bits per heavy atom. The molecule has 1 saturated carbocycles. The normalized spacial score (nSPS) is 15.6. The van der Waals surface area contributed by atoms with Gasteiger partial charge in [-0.15, -0.1) is 0 Å². The third kappa shape index (κ3) is 3.35. The van der Waals surface area contributed by atoms with Crippen LogP contribution in [0, 0.1) is 6.92 Å². The van der Waals surface area contributed by atoms with Crippen molar-refractivity contribution in [3.63, 3.8) is 0 Å². The van der Waals surface area contributed by atoms with E-state index >= 15 is 0 Å². The third-order valence-electron chi connectivity index (χ3n) is 4.07. The van der Waals surface area contributed by atoms with Gasteiger partial charge in [0.2, 0.25) is 0 Å². The summed E-state index contributed by atoms with van der Waals surface area (Å²) in [7, 11) is 0. The van der Waals surface area contributed by atoms with Crippen LogP contribution in [0.4, 0.5) is 5.69 Å². The average Bonchev–Trinajstić information content (AvgIpc) is 3.11. The fraction of sp³-hybridized carbons (Fsp3) is 0.438. The Labute approximate surface area is 135 Å². The lowest BCUT2D eigenvalue weighted by molar-refractivity contribution is 0.463. The Bertz CT molecular complexity index is 630. The number of rotatable bonds is 4. The zero-order valence-corrected chi connectivity index (χ0v) is 13.6. The summed E-state index contributed by atoms with van der Waals surface area (Å²) in [6, 6.07) is 6.39. The fourth-order valence-corrected chi connectivity index (χ4v) is 3.26. The molecule has 21 heavy (non-hydrogen) atoms. The molecule has 3 rings (SSSR count). The summed E-state index contributed by atoms with van der Waals surface area (Å²) in [5, 5.41) is 9.37. The maximum Gasteiger partial charge on any atom is 0.0815 e. The van der Waals surface area contributed by atoms with Crippen molar-refractivity contribution in [3.8, 4) is 0 Å². The number of anilines is 1. The lowest BCUT2D eigenvalue weighted by Gasteiger charge is -2.10. The number of aromatic nitrogens is 2. The van der Waals surface area contributed by atoms with Crippen molar-refractivity contribution in [1.29, 1.82) is 0 Å². The first-order valence-corrected chi connectivity index (χ1v) is 8.12. The van der Waals surface area contributed by atoms with Crippen molar-refractivity contribution in [1.82, 2.24) is 9.78 Å². The van der Waals surface area contributed by atoms with Crippen LogP contribution in [0.3, 0.4) is 0 Å². The van der Waals surface area contributed by atoms with Crippen LogP contribution in [0.2, 0.25) is 10.0 Å². The Morgan fingerprint density at radius 2 is 2.00 bits per heavy atom. The van der Waals surface area contributed by atoms with Crippen molar-refractivity contribution < 1.29 is 0 Å². The van der Waals surface area contributed by atoms with Crippen molar-refractivity contribution in [2.75, 3.05) is 5.32 Å². The Morgan fingerprint density at radius 1 is 1.24 bits per heavy atom. The van der Waals surface area contributed by atoms with E-state index < -0.39 is 0 Å². The van der Waals surface area contributed by atoms with E-state index in [1.54, 1.807) is 0 Å². The summed E-state index contributed by atoms with van der Waals surface area (Å²) in [5.41, 5.74) is 2.86. The van der Waals surface area contributed by atoms with E-state index in [1.807, 2.05) is 19.1 Å². The molecule has 2 aromatic rings. The zero-order chi connectivity index (χ0) is 14.8. The molecule has 1 heterocycles. The van der Waals surface area contributed by atoms with Gasteiger partial charge in [-0.2, -0.15) is 5.10 Å². The molecule has 0 spiro atoms. The van der Waals surface area contributed by atoms with Gasteiger partial charge in [0, 0.05) is 11.2 Å². The predicted octanol–water partition coefficient (Wildman–Crippen LogP) is 5.23. The first-order valence-electron chi connectivity index (χ1n) is 7.37. The van der Waals surface area contributed by atoms with E-state index in [0.29, 0.717) is 17.6 Å². The second-order valence-corrected chi connectivity index (χ2v) is 6.47. The van der Waals surface area contributed by atoms with Gasteiger partial charge in [0.05, 0.1) is 29.0 Å². The van der Waals surface area contributed by atoms with Crippen LogP contribution in [0.5, 0.6) is 0 Å². The number of nitrogens with one attached hydrogen (secondary N) is 1. The van der Waals surface area contributed by atoms with E-state index in [0.717, 1.165) is 22.0 Å². The highest BCUT2D eigenvalue weighted by atomic mass is 35.5. The highest BCUT2D eigenvalue weighted by molar-refractivity contribution is 6.35. The Hall–Kier alpha value is -1.19. The van der Waals surface area contributed by atoms with Crippen molar-refractivity contribution in [3.05, 3.63) is 45.7 Å². The van der Waals surface area contributed by atoms with Gasteiger partial charge in [0.1, 0.15) is 0 Å². The van der Waals surface area contributed by atoms with Gasteiger partial charge in [-0.3, -0.25) is 4.68 Å². The van der Waals surface area contributed by atoms with E-state index in [-0.39, 0.29) is 0 Å². The number of hydrogen-bond donors (Lipinski definition) is 1. The molecule has 3 nitrogen and oxygen atoms in total. The monoisotopic (exact) mass is 323 g/mol. The van der Waals surface area contributed by atoms with Gasteiger partial charge in [-0.05, 0) is 43.5 Å². The van der Waals surface area contributed by atoms with Gasteiger partial charge in [-0.25, -0.2) is 0 Å². The molecule has 0 unspecified atom stereocenters. The summed E-state index contributed by atoms with van der Waals surface area (Å²) in [4.78, 5) is 0. The maximum atomic E-state index is 6.23. The maximum absolute atomic E-state index is 6.23. The molecule has 1 aromatic carbocycles. The van der Waals surface area contributed by atoms with Crippen molar-refractivity contribution >= 4 is 28.9 Å². The standard InChI is InChI=1S/C16H19Cl2N3/c1-11-8-15(18)16(9-14(11)17)19-10-12-6-7-21(20-12)13-4-2-3-5-13/h6-9,13,19H,2-5,10H2,1H3. The number of nitrogens with zero attached hydrogens (tertiary/aromatic N) is 2. The Kier molecular flexibility index (Phi) is 4.41. The molecule has 1 aliphatic carbocycles. The molecule has 1 fully saturated rings. The van der Waals surface area contributed by atoms with E-state index in [1.165, 1.54) is 25.7 Å². The van der Waals surface area contributed by atoms with E-state index in [2.05, 4.69) is 27.4 Å². The van der Waals surface area contributed by atoms with E-state index in [9.17, 15) is 0 Å². The Balaban J connectivity index is 1.66. The van der Waals surface area contributed by atoms with Gasteiger partial charge >= 0.3 is 0 Å². The van der Waals surface area contributed by atoms with Crippen LogP contribution in [-0.2, 0) is 6.54 Å². The van der Waals surface area contributed by atoms with Crippen molar-refractivity contribution in [2.45, 2.75) is 45.2 Å². The first-order chi connectivity index (χ1) is 10.1. The highest BCUT2D eigenvalue weighted by Gasteiger charge is 2.17. The van der Waals surface area contributed by atoms with Crippen LogP contribution < -0.4 is 5.32 Å². The molecule has 112 valence electrons. The highest BCUT2D eigenvalue weighted by Crippen LogP contribution is 2.30. The van der Waals surface area contributed by atoms with E-state index in [4.69, 9.17) is 23.2 Å². The van der Waals surface area contributed by atoms with Gasteiger partial charge in [0.15, 0.2) is 0 Å². The summed E-state index contributed by atoms with van der Waals surface area (Å²) in [6.45, 7) is 2.60. The molecule has 1 aliphatic rings. The molecule has 0 radical (unpaired) electrons.